The lowest BCUT2D eigenvalue weighted by Crippen LogP contribution is -2.27. The van der Waals surface area contributed by atoms with Crippen LogP contribution in [0, 0.1) is 12.7 Å². The number of carbonyl (C=O) groups excluding carboxylic acids is 1. The first-order valence-corrected chi connectivity index (χ1v) is 6.63. The van der Waals surface area contributed by atoms with Crippen LogP contribution in [0.1, 0.15) is 29.5 Å². The average molecular weight is 279 g/mol. The Bertz CT molecular complexity index is 610. The number of ether oxygens (including phenoxy) is 1. The maximum absolute atomic E-state index is 13.3. The van der Waals surface area contributed by atoms with Crippen LogP contribution in [-0.4, -0.2) is 35.1 Å². The Morgan fingerprint density at radius 1 is 1.50 bits per heavy atom. The monoisotopic (exact) mass is 279 g/mol. The van der Waals surface area contributed by atoms with E-state index in [1.807, 2.05) is 6.92 Å². The van der Waals surface area contributed by atoms with Gasteiger partial charge >= 0.3 is 0 Å². The zero-order valence-electron chi connectivity index (χ0n) is 11.6. The van der Waals surface area contributed by atoms with E-state index in [0.717, 1.165) is 6.42 Å². The van der Waals surface area contributed by atoms with Crippen LogP contribution in [0.4, 0.5) is 4.39 Å². The standard InChI is InChI=1S/C14H18FN3O2/c1-3-20-8-4-7-16-14(19)13-10(2)17-12-6-5-11(15)9-18(12)13/h5-6,9H,3-4,7-8H2,1-2H3,(H,16,19). The lowest BCUT2D eigenvalue weighted by Gasteiger charge is -2.06. The summed E-state index contributed by atoms with van der Waals surface area (Å²) in [5.41, 5.74) is 1.51. The summed E-state index contributed by atoms with van der Waals surface area (Å²) in [5.74, 6) is -0.655. The fourth-order valence-electron chi connectivity index (χ4n) is 2.01. The number of pyridine rings is 1. The molecule has 0 aromatic carbocycles. The van der Waals surface area contributed by atoms with Crippen LogP contribution in [0.3, 0.4) is 0 Å². The van der Waals surface area contributed by atoms with Crippen LogP contribution >= 0.6 is 0 Å². The summed E-state index contributed by atoms with van der Waals surface area (Å²) in [7, 11) is 0. The molecule has 0 bridgehead atoms. The molecule has 0 spiro atoms. The van der Waals surface area contributed by atoms with E-state index >= 15 is 0 Å². The number of imidazole rings is 1. The first-order chi connectivity index (χ1) is 9.63. The summed E-state index contributed by atoms with van der Waals surface area (Å²) in [4.78, 5) is 16.4. The number of nitrogens with zero attached hydrogens (tertiary/aromatic N) is 2. The van der Waals surface area contributed by atoms with Crippen molar-refractivity contribution in [3.8, 4) is 0 Å². The van der Waals surface area contributed by atoms with Crippen molar-refractivity contribution in [2.24, 2.45) is 0 Å². The molecule has 2 rings (SSSR count). The summed E-state index contributed by atoms with van der Waals surface area (Å²) in [6.45, 7) is 5.45. The van der Waals surface area contributed by atoms with Crippen LogP contribution < -0.4 is 5.32 Å². The molecule has 0 aliphatic carbocycles. The molecule has 20 heavy (non-hydrogen) atoms. The van der Waals surface area contributed by atoms with E-state index in [9.17, 15) is 9.18 Å². The Morgan fingerprint density at radius 3 is 3.05 bits per heavy atom. The summed E-state index contributed by atoms with van der Waals surface area (Å²) >= 11 is 0. The number of aromatic nitrogens is 2. The van der Waals surface area contributed by atoms with Gasteiger partial charge in [-0.1, -0.05) is 0 Å². The van der Waals surface area contributed by atoms with Crippen molar-refractivity contribution in [1.82, 2.24) is 14.7 Å². The molecule has 0 fully saturated rings. The highest BCUT2D eigenvalue weighted by Gasteiger charge is 2.16. The third-order valence-corrected chi connectivity index (χ3v) is 2.93. The molecule has 2 aromatic rings. The van der Waals surface area contributed by atoms with Gasteiger partial charge in [-0.25, -0.2) is 9.37 Å². The van der Waals surface area contributed by atoms with Gasteiger partial charge in [-0.05, 0) is 32.4 Å². The van der Waals surface area contributed by atoms with Crippen molar-refractivity contribution < 1.29 is 13.9 Å². The topological polar surface area (TPSA) is 55.6 Å². The summed E-state index contributed by atoms with van der Waals surface area (Å²) < 4.78 is 20.0. The predicted molar refractivity (Wildman–Crippen MR) is 73.3 cm³/mol. The average Bonchev–Trinajstić information content (AvgIpc) is 2.73. The molecule has 6 heteroatoms. The van der Waals surface area contributed by atoms with Crippen molar-refractivity contribution in [2.75, 3.05) is 19.8 Å². The number of halogens is 1. The van der Waals surface area contributed by atoms with Gasteiger partial charge < -0.3 is 10.1 Å². The number of aryl methyl sites for hydroxylation is 1. The molecule has 0 unspecified atom stereocenters. The van der Waals surface area contributed by atoms with Crippen LogP contribution in [-0.2, 0) is 4.74 Å². The number of hydrogen-bond donors (Lipinski definition) is 1. The molecule has 0 radical (unpaired) electrons. The van der Waals surface area contributed by atoms with Gasteiger partial charge in [0.1, 0.15) is 17.2 Å². The van der Waals surface area contributed by atoms with Crippen molar-refractivity contribution in [2.45, 2.75) is 20.3 Å². The highest BCUT2D eigenvalue weighted by Crippen LogP contribution is 2.13. The Hall–Kier alpha value is -1.95. The lowest BCUT2D eigenvalue weighted by molar-refractivity contribution is 0.0937. The summed E-state index contributed by atoms with van der Waals surface area (Å²) in [6.07, 6.45) is 2.01. The molecule has 2 aromatic heterocycles. The van der Waals surface area contributed by atoms with E-state index < -0.39 is 5.82 Å². The Morgan fingerprint density at radius 2 is 2.30 bits per heavy atom. The van der Waals surface area contributed by atoms with Crippen molar-refractivity contribution in [3.05, 3.63) is 35.5 Å². The molecule has 2 heterocycles. The van der Waals surface area contributed by atoms with Gasteiger partial charge in [0.05, 0.1) is 5.69 Å². The minimum absolute atomic E-state index is 0.253. The largest absolute Gasteiger partial charge is 0.382 e. The van der Waals surface area contributed by atoms with Gasteiger partial charge in [-0.15, -0.1) is 0 Å². The number of hydrogen-bond acceptors (Lipinski definition) is 3. The quantitative estimate of drug-likeness (QED) is 0.822. The maximum atomic E-state index is 13.3. The molecule has 5 nitrogen and oxygen atoms in total. The van der Waals surface area contributed by atoms with E-state index in [1.54, 1.807) is 13.0 Å². The molecular formula is C14H18FN3O2. The Balaban J connectivity index is 2.09. The normalized spacial score (nSPS) is 10.9. The van der Waals surface area contributed by atoms with Gasteiger partial charge in [0.25, 0.3) is 5.91 Å². The lowest BCUT2D eigenvalue weighted by atomic mass is 10.3. The SMILES string of the molecule is CCOCCCNC(=O)c1c(C)nc2ccc(F)cn12. The highest BCUT2D eigenvalue weighted by atomic mass is 19.1. The van der Waals surface area contributed by atoms with Crippen LogP contribution in [0.15, 0.2) is 18.3 Å². The summed E-state index contributed by atoms with van der Waals surface area (Å²) in [6, 6.07) is 2.87. The molecule has 0 atom stereocenters. The van der Waals surface area contributed by atoms with Gasteiger partial charge in [0.15, 0.2) is 0 Å². The van der Waals surface area contributed by atoms with E-state index in [-0.39, 0.29) is 5.91 Å². The van der Waals surface area contributed by atoms with Gasteiger partial charge in [0.2, 0.25) is 0 Å². The fourth-order valence-corrected chi connectivity index (χ4v) is 2.01. The fraction of sp³-hybridized carbons (Fsp3) is 0.429. The van der Waals surface area contributed by atoms with Crippen molar-refractivity contribution in [3.63, 3.8) is 0 Å². The molecule has 1 N–H and O–H groups in total. The molecule has 0 saturated carbocycles. The number of amides is 1. The van der Waals surface area contributed by atoms with Gasteiger partial charge in [-0.3, -0.25) is 9.20 Å². The second-order valence-electron chi connectivity index (χ2n) is 4.43. The van der Waals surface area contributed by atoms with Crippen LogP contribution in [0.2, 0.25) is 0 Å². The zero-order valence-corrected chi connectivity index (χ0v) is 11.6. The van der Waals surface area contributed by atoms with Crippen LogP contribution in [0.25, 0.3) is 5.65 Å². The van der Waals surface area contributed by atoms with Gasteiger partial charge in [0, 0.05) is 26.0 Å². The van der Waals surface area contributed by atoms with E-state index in [4.69, 9.17) is 4.74 Å². The molecule has 0 saturated heterocycles. The van der Waals surface area contributed by atoms with Crippen molar-refractivity contribution in [1.29, 1.82) is 0 Å². The Kier molecular flexibility index (Phi) is 4.68. The second kappa shape index (κ2) is 6.47. The molecule has 1 amide bonds. The highest BCUT2D eigenvalue weighted by molar-refractivity contribution is 5.94. The Labute approximate surface area is 116 Å². The van der Waals surface area contributed by atoms with E-state index in [2.05, 4.69) is 10.3 Å². The molecule has 108 valence electrons. The predicted octanol–water partition coefficient (Wildman–Crippen LogP) is 1.94. The first-order valence-electron chi connectivity index (χ1n) is 6.63. The van der Waals surface area contributed by atoms with Gasteiger partial charge in [-0.2, -0.15) is 0 Å². The number of carbonyl (C=O) groups is 1. The maximum Gasteiger partial charge on any atom is 0.270 e. The minimum Gasteiger partial charge on any atom is -0.382 e. The third-order valence-electron chi connectivity index (χ3n) is 2.93. The number of fused-ring (bicyclic) bond motifs is 1. The molecular weight excluding hydrogens is 261 g/mol. The smallest absolute Gasteiger partial charge is 0.270 e. The first kappa shape index (κ1) is 14.5. The third kappa shape index (κ3) is 3.14. The molecule has 0 aliphatic rings. The number of rotatable bonds is 6. The van der Waals surface area contributed by atoms with E-state index in [0.29, 0.717) is 36.8 Å². The van der Waals surface area contributed by atoms with Crippen molar-refractivity contribution >= 4 is 11.6 Å². The number of nitrogens with one attached hydrogen (secondary N) is 1. The van der Waals surface area contributed by atoms with E-state index in [1.165, 1.54) is 16.7 Å². The molecule has 0 aliphatic heterocycles. The second-order valence-corrected chi connectivity index (χ2v) is 4.43. The zero-order chi connectivity index (χ0) is 14.5. The summed E-state index contributed by atoms with van der Waals surface area (Å²) in [5, 5.41) is 2.79. The minimum atomic E-state index is -0.403. The van der Waals surface area contributed by atoms with Crippen LogP contribution in [0.5, 0.6) is 0 Å².